The van der Waals surface area contributed by atoms with E-state index in [9.17, 15) is 10.2 Å². The Bertz CT molecular complexity index is 649. The third-order valence-electron chi connectivity index (χ3n) is 4.78. The number of para-hydroxylation sites is 1. The molecule has 0 unspecified atom stereocenters. The maximum Gasteiger partial charge on any atom is 0.136 e. The van der Waals surface area contributed by atoms with Crippen LogP contribution in [0.25, 0.3) is 10.9 Å². The quantitative estimate of drug-likeness (QED) is 0.809. The van der Waals surface area contributed by atoms with Gasteiger partial charge in [-0.2, -0.15) is 0 Å². The van der Waals surface area contributed by atoms with E-state index in [0.717, 1.165) is 24.1 Å². The van der Waals surface area contributed by atoms with Crippen LogP contribution in [0.4, 0.5) is 0 Å². The van der Waals surface area contributed by atoms with Gasteiger partial charge in [-0.15, -0.1) is 0 Å². The second kappa shape index (κ2) is 5.44. The summed E-state index contributed by atoms with van der Waals surface area (Å²) >= 11 is 0. The van der Waals surface area contributed by atoms with E-state index in [2.05, 4.69) is 30.1 Å². The summed E-state index contributed by atoms with van der Waals surface area (Å²) < 4.78 is 5.96. The lowest BCUT2D eigenvalue weighted by atomic mass is 9.84. The first kappa shape index (κ1) is 14.6. The highest BCUT2D eigenvalue weighted by Gasteiger charge is 2.44. The summed E-state index contributed by atoms with van der Waals surface area (Å²) in [6.07, 6.45) is 1.50. The molecule has 1 aliphatic heterocycles. The van der Waals surface area contributed by atoms with E-state index in [1.54, 1.807) is 0 Å². The van der Waals surface area contributed by atoms with Gasteiger partial charge in [0.05, 0.1) is 18.9 Å². The number of ether oxygens (including phenoxy) is 1. The molecule has 0 radical (unpaired) electrons. The summed E-state index contributed by atoms with van der Waals surface area (Å²) in [6.45, 7) is 4.39. The highest BCUT2D eigenvalue weighted by molar-refractivity contribution is 5.88. The van der Waals surface area contributed by atoms with Crippen molar-refractivity contribution in [1.29, 1.82) is 0 Å². The molecule has 3 N–H and O–H groups in total. The van der Waals surface area contributed by atoms with Gasteiger partial charge in [-0.3, -0.25) is 0 Å². The first-order valence-corrected chi connectivity index (χ1v) is 7.73. The van der Waals surface area contributed by atoms with Gasteiger partial charge < -0.3 is 19.9 Å². The average molecular weight is 289 g/mol. The molecule has 4 nitrogen and oxygen atoms in total. The molecule has 0 amide bonds. The van der Waals surface area contributed by atoms with Crippen LogP contribution in [0.5, 0.6) is 0 Å². The summed E-state index contributed by atoms with van der Waals surface area (Å²) in [4.78, 5) is 3.50. The standard InChI is InChI=1S/C17H23NO3/c1-3-11-6-5-7-12-13-8-9-21-17(4-2,14(20)10-19)16(13)18-15(11)12/h5-7,14,18-20H,3-4,8-10H2,1-2H3/t14-,17-/m1/s1. The van der Waals surface area contributed by atoms with Crippen LogP contribution in [-0.2, 0) is 23.2 Å². The van der Waals surface area contributed by atoms with Gasteiger partial charge in [0.1, 0.15) is 11.7 Å². The van der Waals surface area contributed by atoms with Crippen LogP contribution in [0.3, 0.4) is 0 Å². The van der Waals surface area contributed by atoms with Gasteiger partial charge in [0.25, 0.3) is 0 Å². The van der Waals surface area contributed by atoms with Gasteiger partial charge >= 0.3 is 0 Å². The van der Waals surface area contributed by atoms with Crippen LogP contribution in [0, 0.1) is 0 Å². The largest absolute Gasteiger partial charge is 0.394 e. The second-order valence-corrected chi connectivity index (χ2v) is 5.71. The van der Waals surface area contributed by atoms with Gasteiger partial charge in [0.2, 0.25) is 0 Å². The van der Waals surface area contributed by atoms with Crippen LogP contribution in [-0.4, -0.2) is 34.5 Å². The summed E-state index contributed by atoms with van der Waals surface area (Å²) in [7, 11) is 0. The zero-order valence-electron chi connectivity index (χ0n) is 12.6. The van der Waals surface area contributed by atoms with Crippen LogP contribution < -0.4 is 0 Å². The Balaban J connectivity index is 2.26. The number of H-pyrrole nitrogens is 1. The van der Waals surface area contributed by atoms with E-state index in [1.165, 1.54) is 16.5 Å². The normalized spacial score (nSPS) is 23.2. The fraction of sp³-hybridized carbons (Fsp3) is 0.529. The van der Waals surface area contributed by atoms with Gasteiger partial charge in [-0.25, -0.2) is 0 Å². The molecule has 21 heavy (non-hydrogen) atoms. The van der Waals surface area contributed by atoms with E-state index in [-0.39, 0.29) is 6.61 Å². The number of aliphatic hydroxyl groups excluding tert-OH is 2. The molecule has 0 spiro atoms. The Kier molecular flexibility index (Phi) is 3.78. The first-order valence-electron chi connectivity index (χ1n) is 7.73. The van der Waals surface area contributed by atoms with Gasteiger partial charge in [0, 0.05) is 10.9 Å². The molecular weight excluding hydrogens is 266 g/mol. The number of aryl methyl sites for hydroxylation is 1. The first-order chi connectivity index (χ1) is 10.2. The number of fused-ring (bicyclic) bond motifs is 3. The molecule has 0 saturated carbocycles. The van der Waals surface area contributed by atoms with Crippen LogP contribution in [0.15, 0.2) is 18.2 Å². The fourth-order valence-corrected chi connectivity index (χ4v) is 3.58. The molecule has 0 saturated heterocycles. The molecule has 4 heteroatoms. The maximum atomic E-state index is 10.3. The summed E-state index contributed by atoms with van der Waals surface area (Å²) in [6, 6.07) is 6.34. The van der Waals surface area contributed by atoms with E-state index >= 15 is 0 Å². The minimum absolute atomic E-state index is 0.302. The van der Waals surface area contributed by atoms with Crippen molar-refractivity contribution in [3.8, 4) is 0 Å². The van der Waals surface area contributed by atoms with Crippen molar-refractivity contribution in [3.05, 3.63) is 35.0 Å². The summed E-state index contributed by atoms with van der Waals surface area (Å²) in [5.74, 6) is 0. The monoisotopic (exact) mass is 289 g/mol. The number of nitrogens with one attached hydrogen (secondary N) is 1. The lowest BCUT2D eigenvalue weighted by Crippen LogP contribution is -2.47. The van der Waals surface area contributed by atoms with Crippen molar-refractivity contribution < 1.29 is 14.9 Å². The Morgan fingerprint density at radius 3 is 2.86 bits per heavy atom. The highest BCUT2D eigenvalue weighted by Crippen LogP contribution is 2.42. The lowest BCUT2D eigenvalue weighted by Gasteiger charge is -2.39. The molecule has 2 heterocycles. The van der Waals surface area contributed by atoms with Crippen LogP contribution in [0.2, 0.25) is 0 Å². The van der Waals surface area contributed by atoms with Crippen molar-refractivity contribution in [2.24, 2.45) is 0 Å². The van der Waals surface area contributed by atoms with Gasteiger partial charge in [-0.05, 0) is 30.4 Å². The number of hydrogen-bond donors (Lipinski definition) is 3. The number of benzene rings is 1. The molecule has 2 atom stereocenters. The lowest BCUT2D eigenvalue weighted by molar-refractivity contribution is -0.154. The summed E-state index contributed by atoms with van der Waals surface area (Å²) in [5, 5.41) is 21.0. The molecule has 0 aliphatic carbocycles. The Morgan fingerprint density at radius 1 is 1.38 bits per heavy atom. The minimum Gasteiger partial charge on any atom is -0.394 e. The number of aliphatic hydroxyl groups is 2. The van der Waals surface area contributed by atoms with E-state index in [1.807, 2.05) is 6.92 Å². The fourth-order valence-electron chi connectivity index (χ4n) is 3.58. The van der Waals surface area contributed by atoms with Crippen molar-refractivity contribution in [1.82, 2.24) is 4.98 Å². The predicted octanol–water partition coefficient (Wildman–Crippen LogP) is 2.26. The molecule has 114 valence electrons. The Hall–Kier alpha value is -1.36. The Morgan fingerprint density at radius 2 is 2.19 bits per heavy atom. The zero-order valence-corrected chi connectivity index (χ0v) is 12.6. The smallest absolute Gasteiger partial charge is 0.136 e. The molecule has 2 aromatic rings. The molecule has 0 fully saturated rings. The van der Waals surface area contributed by atoms with Crippen LogP contribution in [0.1, 0.15) is 37.1 Å². The van der Waals surface area contributed by atoms with Crippen molar-refractivity contribution in [3.63, 3.8) is 0 Å². The predicted molar refractivity (Wildman–Crippen MR) is 82.4 cm³/mol. The van der Waals surface area contributed by atoms with Crippen molar-refractivity contribution in [2.75, 3.05) is 13.2 Å². The average Bonchev–Trinajstić information content (AvgIpc) is 2.93. The molecule has 1 aliphatic rings. The highest BCUT2D eigenvalue weighted by atomic mass is 16.5. The van der Waals surface area contributed by atoms with Crippen LogP contribution >= 0.6 is 0 Å². The molecule has 1 aromatic carbocycles. The number of rotatable bonds is 4. The minimum atomic E-state index is -0.917. The second-order valence-electron chi connectivity index (χ2n) is 5.71. The van der Waals surface area contributed by atoms with Crippen molar-refractivity contribution >= 4 is 10.9 Å². The van der Waals surface area contributed by atoms with Crippen molar-refractivity contribution in [2.45, 2.75) is 44.8 Å². The number of aromatic amines is 1. The third-order valence-corrected chi connectivity index (χ3v) is 4.78. The van der Waals surface area contributed by atoms with E-state index in [4.69, 9.17) is 4.74 Å². The molecular formula is C17H23NO3. The number of hydrogen-bond acceptors (Lipinski definition) is 3. The van der Waals surface area contributed by atoms with E-state index in [0.29, 0.717) is 13.0 Å². The third kappa shape index (κ3) is 2.01. The van der Waals surface area contributed by atoms with Gasteiger partial charge in [-0.1, -0.05) is 32.0 Å². The summed E-state index contributed by atoms with van der Waals surface area (Å²) in [5.41, 5.74) is 3.74. The SMILES string of the molecule is CCc1cccc2c3c([nH]c12)[C@@](CC)([C@H](O)CO)OCC3. The zero-order chi connectivity index (χ0) is 15.0. The molecule has 3 rings (SSSR count). The molecule has 1 aromatic heterocycles. The van der Waals surface area contributed by atoms with Gasteiger partial charge in [0.15, 0.2) is 0 Å². The van der Waals surface area contributed by atoms with E-state index < -0.39 is 11.7 Å². The topological polar surface area (TPSA) is 65.5 Å². The number of aromatic nitrogens is 1. The molecule has 0 bridgehead atoms. The Labute approximate surface area is 124 Å². The maximum absolute atomic E-state index is 10.3.